The van der Waals surface area contributed by atoms with Crippen LogP contribution in [0.25, 0.3) is 16.9 Å². The maximum absolute atomic E-state index is 4.50. The predicted molar refractivity (Wildman–Crippen MR) is 70.2 cm³/mol. The highest BCUT2D eigenvalue weighted by atomic mass is 15.1. The summed E-state index contributed by atoms with van der Waals surface area (Å²) in [6, 6.07) is 16.3. The molecule has 0 fully saturated rings. The van der Waals surface area contributed by atoms with E-state index in [1.807, 2.05) is 43.6 Å². The minimum absolute atomic E-state index is 0.963. The molecule has 0 radical (unpaired) electrons. The fourth-order valence-corrected chi connectivity index (χ4v) is 2.03. The summed E-state index contributed by atoms with van der Waals surface area (Å²) in [4.78, 5) is 4.50. The largest absolute Gasteiger partial charge is 0.374 e. The molecule has 84 valence electrons. The van der Waals surface area contributed by atoms with E-state index in [2.05, 4.69) is 32.9 Å². The molecule has 2 heterocycles. The summed E-state index contributed by atoms with van der Waals surface area (Å²) in [5.74, 6) is 2.00. The van der Waals surface area contributed by atoms with Crippen LogP contribution in [0, 0.1) is 0 Å². The Morgan fingerprint density at radius 2 is 1.82 bits per heavy atom. The summed E-state index contributed by atoms with van der Waals surface area (Å²) in [5, 5.41) is 3.19. The lowest BCUT2D eigenvalue weighted by Gasteiger charge is -2.07. The standard InChI is InChI=1S/C14H13N3/c1-15-13-9-5-8-12-10-16-14(17(12)13)11-6-3-2-4-7-11/h2-10,15H,1H3. The summed E-state index contributed by atoms with van der Waals surface area (Å²) >= 11 is 0. The number of benzene rings is 1. The first kappa shape index (κ1) is 9.90. The topological polar surface area (TPSA) is 29.3 Å². The number of imidazole rings is 1. The van der Waals surface area contributed by atoms with E-state index in [9.17, 15) is 0 Å². The molecule has 17 heavy (non-hydrogen) atoms. The first-order valence-corrected chi connectivity index (χ1v) is 5.60. The van der Waals surface area contributed by atoms with Crippen molar-refractivity contribution in [1.29, 1.82) is 0 Å². The molecule has 0 bridgehead atoms. The second-order valence-corrected chi connectivity index (χ2v) is 3.87. The molecule has 1 aromatic carbocycles. The monoisotopic (exact) mass is 223 g/mol. The summed E-state index contributed by atoms with van der Waals surface area (Å²) in [6.07, 6.45) is 1.89. The number of anilines is 1. The van der Waals surface area contributed by atoms with E-state index in [0.29, 0.717) is 0 Å². The summed E-state index contributed by atoms with van der Waals surface area (Å²) in [5.41, 5.74) is 2.21. The van der Waals surface area contributed by atoms with E-state index in [4.69, 9.17) is 0 Å². The molecule has 3 nitrogen and oxygen atoms in total. The number of fused-ring (bicyclic) bond motifs is 1. The summed E-state index contributed by atoms with van der Waals surface area (Å²) in [7, 11) is 1.92. The van der Waals surface area contributed by atoms with Gasteiger partial charge in [-0.05, 0) is 12.1 Å². The van der Waals surface area contributed by atoms with Crippen molar-refractivity contribution in [3.05, 3.63) is 54.7 Å². The zero-order chi connectivity index (χ0) is 11.7. The molecular formula is C14H13N3. The lowest BCUT2D eigenvalue weighted by molar-refractivity contribution is 1.15. The van der Waals surface area contributed by atoms with Crippen LogP contribution in [-0.2, 0) is 0 Å². The van der Waals surface area contributed by atoms with E-state index in [-0.39, 0.29) is 0 Å². The highest BCUT2D eigenvalue weighted by Gasteiger charge is 2.08. The minimum atomic E-state index is 0.963. The van der Waals surface area contributed by atoms with Gasteiger partial charge in [0.1, 0.15) is 11.6 Å². The number of pyridine rings is 1. The molecule has 0 saturated carbocycles. The Kier molecular flexibility index (Phi) is 2.29. The van der Waals surface area contributed by atoms with Gasteiger partial charge in [-0.3, -0.25) is 4.40 Å². The molecule has 3 rings (SSSR count). The molecule has 0 saturated heterocycles. The molecular weight excluding hydrogens is 210 g/mol. The third kappa shape index (κ3) is 1.56. The highest BCUT2D eigenvalue weighted by Crippen LogP contribution is 2.23. The number of aromatic nitrogens is 2. The Balaban J connectivity index is 2.31. The Hall–Kier alpha value is -2.29. The Labute approximate surface area is 99.7 Å². The van der Waals surface area contributed by atoms with Gasteiger partial charge in [0.2, 0.25) is 0 Å². The first-order chi connectivity index (χ1) is 8.40. The van der Waals surface area contributed by atoms with Crippen molar-refractivity contribution in [3.63, 3.8) is 0 Å². The van der Waals surface area contributed by atoms with Gasteiger partial charge >= 0.3 is 0 Å². The molecule has 3 heteroatoms. The number of nitrogens with one attached hydrogen (secondary N) is 1. The van der Waals surface area contributed by atoms with Crippen molar-refractivity contribution in [1.82, 2.24) is 9.38 Å². The lowest BCUT2D eigenvalue weighted by Crippen LogP contribution is -1.98. The Morgan fingerprint density at radius 1 is 1.00 bits per heavy atom. The van der Waals surface area contributed by atoms with Crippen LogP contribution < -0.4 is 5.32 Å². The number of hydrogen-bond acceptors (Lipinski definition) is 2. The Bertz CT molecular complexity index is 641. The molecule has 0 atom stereocenters. The van der Waals surface area contributed by atoms with Crippen LogP contribution in [-0.4, -0.2) is 16.4 Å². The fraction of sp³-hybridized carbons (Fsp3) is 0.0714. The highest BCUT2D eigenvalue weighted by molar-refractivity contribution is 5.66. The van der Waals surface area contributed by atoms with E-state index < -0.39 is 0 Å². The first-order valence-electron chi connectivity index (χ1n) is 5.60. The molecule has 0 aliphatic rings. The van der Waals surface area contributed by atoms with E-state index in [0.717, 1.165) is 22.7 Å². The van der Waals surface area contributed by atoms with Crippen LogP contribution in [0.3, 0.4) is 0 Å². The normalized spacial score (nSPS) is 10.6. The van der Waals surface area contributed by atoms with Crippen LogP contribution in [0.1, 0.15) is 0 Å². The van der Waals surface area contributed by atoms with Crippen LogP contribution in [0.4, 0.5) is 5.82 Å². The van der Waals surface area contributed by atoms with E-state index in [1.165, 1.54) is 0 Å². The molecule has 0 amide bonds. The van der Waals surface area contributed by atoms with Gasteiger partial charge in [-0.25, -0.2) is 4.98 Å². The predicted octanol–water partition coefficient (Wildman–Crippen LogP) is 3.04. The van der Waals surface area contributed by atoms with Gasteiger partial charge in [-0.1, -0.05) is 36.4 Å². The number of nitrogens with zero attached hydrogens (tertiary/aromatic N) is 2. The number of rotatable bonds is 2. The van der Waals surface area contributed by atoms with Gasteiger partial charge in [-0.2, -0.15) is 0 Å². The van der Waals surface area contributed by atoms with Gasteiger partial charge < -0.3 is 5.32 Å². The third-order valence-corrected chi connectivity index (χ3v) is 2.84. The minimum Gasteiger partial charge on any atom is -0.374 e. The Morgan fingerprint density at radius 3 is 2.59 bits per heavy atom. The van der Waals surface area contributed by atoms with Crippen molar-refractivity contribution in [2.45, 2.75) is 0 Å². The van der Waals surface area contributed by atoms with Gasteiger partial charge in [0.05, 0.1) is 11.7 Å². The summed E-state index contributed by atoms with van der Waals surface area (Å²) < 4.78 is 2.12. The van der Waals surface area contributed by atoms with Crippen LogP contribution in [0.2, 0.25) is 0 Å². The van der Waals surface area contributed by atoms with Crippen molar-refractivity contribution in [2.24, 2.45) is 0 Å². The maximum Gasteiger partial charge on any atom is 0.146 e. The molecule has 0 aliphatic carbocycles. The maximum atomic E-state index is 4.50. The van der Waals surface area contributed by atoms with Crippen molar-refractivity contribution in [2.75, 3.05) is 12.4 Å². The molecule has 0 unspecified atom stereocenters. The zero-order valence-corrected chi connectivity index (χ0v) is 9.59. The van der Waals surface area contributed by atoms with Crippen LogP contribution in [0.5, 0.6) is 0 Å². The second kappa shape index (κ2) is 3.94. The van der Waals surface area contributed by atoms with Crippen LogP contribution in [0.15, 0.2) is 54.7 Å². The van der Waals surface area contributed by atoms with Crippen molar-refractivity contribution in [3.8, 4) is 11.4 Å². The van der Waals surface area contributed by atoms with Crippen molar-refractivity contribution >= 4 is 11.3 Å². The van der Waals surface area contributed by atoms with Gasteiger partial charge in [0.25, 0.3) is 0 Å². The SMILES string of the molecule is CNc1cccc2cnc(-c3ccccc3)n12. The van der Waals surface area contributed by atoms with Crippen LogP contribution >= 0.6 is 0 Å². The molecule has 1 N–H and O–H groups in total. The average Bonchev–Trinajstić information content (AvgIpc) is 2.83. The average molecular weight is 223 g/mol. The lowest BCUT2D eigenvalue weighted by atomic mass is 10.2. The van der Waals surface area contributed by atoms with Gasteiger partial charge in [0.15, 0.2) is 0 Å². The van der Waals surface area contributed by atoms with Gasteiger partial charge in [0, 0.05) is 12.6 Å². The quantitative estimate of drug-likeness (QED) is 0.723. The third-order valence-electron chi connectivity index (χ3n) is 2.84. The molecule has 0 aliphatic heterocycles. The molecule has 3 aromatic rings. The zero-order valence-electron chi connectivity index (χ0n) is 9.59. The molecule has 2 aromatic heterocycles. The van der Waals surface area contributed by atoms with Gasteiger partial charge in [-0.15, -0.1) is 0 Å². The number of hydrogen-bond donors (Lipinski definition) is 1. The smallest absolute Gasteiger partial charge is 0.146 e. The van der Waals surface area contributed by atoms with E-state index in [1.54, 1.807) is 0 Å². The second-order valence-electron chi connectivity index (χ2n) is 3.87. The summed E-state index contributed by atoms with van der Waals surface area (Å²) in [6.45, 7) is 0. The van der Waals surface area contributed by atoms with E-state index >= 15 is 0 Å². The molecule has 0 spiro atoms. The fourth-order valence-electron chi connectivity index (χ4n) is 2.03. The van der Waals surface area contributed by atoms with Crippen molar-refractivity contribution < 1.29 is 0 Å².